The van der Waals surface area contributed by atoms with E-state index in [9.17, 15) is 13.2 Å². The average molecular weight is 299 g/mol. The van der Waals surface area contributed by atoms with Gasteiger partial charge in [0.25, 0.3) is 0 Å². The second-order valence-corrected chi connectivity index (χ2v) is 5.49. The molecule has 110 valence electrons. The van der Waals surface area contributed by atoms with Gasteiger partial charge in [0.15, 0.2) is 0 Å². The monoisotopic (exact) mass is 299 g/mol. The Morgan fingerprint density at radius 3 is 2.41 bits per heavy atom. The van der Waals surface area contributed by atoms with Crippen LogP contribution in [0.5, 0.6) is 0 Å². The van der Waals surface area contributed by atoms with Gasteiger partial charge < -0.3 is 0 Å². The zero-order chi connectivity index (χ0) is 15.3. The number of hydrogen-bond acceptors (Lipinski definition) is 1. The molecule has 4 rings (SSSR count). The topological polar surface area (TPSA) is 12.9 Å². The molecular weight excluding hydrogens is 287 g/mol. The molecule has 1 aromatic heterocycles. The second kappa shape index (κ2) is 4.57. The van der Waals surface area contributed by atoms with E-state index in [0.717, 1.165) is 16.5 Å². The number of benzene rings is 2. The van der Waals surface area contributed by atoms with E-state index in [1.54, 1.807) is 12.1 Å². The number of hydrogen-bond donors (Lipinski definition) is 0. The van der Waals surface area contributed by atoms with Crippen LogP contribution < -0.4 is 0 Å². The molecule has 3 aromatic rings. The molecule has 0 saturated heterocycles. The molecule has 1 aliphatic carbocycles. The lowest BCUT2D eigenvalue weighted by molar-refractivity contribution is -0.141. The van der Waals surface area contributed by atoms with E-state index in [1.165, 1.54) is 0 Å². The van der Waals surface area contributed by atoms with Crippen LogP contribution in [0, 0.1) is 0 Å². The van der Waals surface area contributed by atoms with Crippen LogP contribution in [0.4, 0.5) is 13.2 Å². The number of fused-ring (bicyclic) bond motifs is 5. The first-order valence-electron chi connectivity index (χ1n) is 7.13. The molecule has 0 bridgehead atoms. The molecule has 0 fully saturated rings. The summed E-state index contributed by atoms with van der Waals surface area (Å²) in [5.41, 5.74) is 2.66. The Morgan fingerprint density at radius 1 is 0.864 bits per heavy atom. The highest BCUT2D eigenvalue weighted by Crippen LogP contribution is 2.43. The van der Waals surface area contributed by atoms with E-state index < -0.39 is 11.9 Å². The molecule has 0 unspecified atom stereocenters. The highest BCUT2D eigenvalue weighted by Gasteiger charge is 2.38. The molecule has 0 aliphatic heterocycles. The van der Waals surface area contributed by atoms with Crippen LogP contribution >= 0.6 is 0 Å². The Bertz CT molecular complexity index is 881. The van der Waals surface area contributed by atoms with E-state index in [1.807, 2.05) is 36.4 Å². The van der Waals surface area contributed by atoms with Crippen molar-refractivity contribution in [2.45, 2.75) is 19.0 Å². The van der Waals surface area contributed by atoms with Crippen molar-refractivity contribution < 1.29 is 13.2 Å². The zero-order valence-electron chi connectivity index (χ0n) is 11.6. The molecule has 4 heteroatoms. The van der Waals surface area contributed by atoms with Gasteiger partial charge in [0.05, 0.1) is 5.52 Å². The molecule has 1 nitrogen and oxygen atoms in total. The van der Waals surface area contributed by atoms with E-state index in [4.69, 9.17) is 0 Å². The predicted octanol–water partition coefficient (Wildman–Crippen LogP) is 5.02. The maximum Gasteiger partial charge on any atom is 0.433 e. The van der Waals surface area contributed by atoms with Gasteiger partial charge in [-0.1, -0.05) is 42.5 Å². The highest BCUT2D eigenvalue weighted by molar-refractivity contribution is 5.98. The smallest absolute Gasteiger partial charge is 0.243 e. The molecular formula is C18H12F3N. The van der Waals surface area contributed by atoms with Crippen LogP contribution in [0.15, 0.2) is 48.5 Å². The summed E-state index contributed by atoms with van der Waals surface area (Å²) in [6.07, 6.45) is -3.44. The van der Waals surface area contributed by atoms with Gasteiger partial charge in [0, 0.05) is 5.39 Å². The summed E-state index contributed by atoms with van der Waals surface area (Å²) >= 11 is 0. The Morgan fingerprint density at radius 2 is 1.59 bits per heavy atom. The van der Waals surface area contributed by atoms with Gasteiger partial charge in [-0.2, -0.15) is 13.2 Å². The number of rotatable bonds is 0. The van der Waals surface area contributed by atoms with Gasteiger partial charge >= 0.3 is 6.18 Å². The highest BCUT2D eigenvalue weighted by atomic mass is 19.4. The summed E-state index contributed by atoms with van der Waals surface area (Å²) in [5, 5.41) is 0.789. The van der Waals surface area contributed by atoms with Crippen LogP contribution in [0.2, 0.25) is 0 Å². The molecule has 2 aromatic carbocycles. The van der Waals surface area contributed by atoms with E-state index in [-0.39, 0.29) is 0 Å². The van der Waals surface area contributed by atoms with Crippen LogP contribution in [0.1, 0.15) is 16.8 Å². The van der Waals surface area contributed by atoms with Crippen molar-refractivity contribution in [2.24, 2.45) is 0 Å². The molecule has 1 heterocycles. The third-order valence-corrected chi connectivity index (χ3v) is 4.19. The largest absolute Gasteiger partial charge is 0.433 e. The van der Waals surface area contributed by atoms with Crippen LogP contribution in [0.3, 0.4) is 0 Å². The van der Waals surface area contributed by atoms with Crippen molar-refractivity contribution in [1.82, 2.24) is 4.98 Å². The molecule has 0 amide bonds. The van der Waals surface area contributed by atoms with Gasteiger partial charge in [-0.3, -0.25) is 0 Å². The minimum absolute atomic E-state index is 0.324. The summed E-state index contributed by atoms with van der Waals surface area (Å²) in [6.45, 7) is 0. The first kappa shape index (κ1) is 13.3. The number of aromatic nitrogens is 1. The lowest BCUT2D eigenvalue weighted by Gasteiger charge is -2.24. The van der Waals surface area contributed by atoms with E-state index in [2.05, 4.69) is 4.98 Å². The quantitative estimate of drug-likeness (QED) is 0.568. The van der Waals surface area contributed by atoms with Crippen LogP contribution in [-0.4, -0.2) is 4.98 Å². The molecule has 0 N–H and O–H groups in total. The number of para-hydroxylation sites is 1. The first-order chi connectivity index (χ1) is 10.6. The molecule has 22 heavy (non-hydrogen) atoms. The van der Waals surface area contributed by atoms with Crippen molar-refractivity contribution in [3.8, 4) is 11.1 Å². The summed E-state index contributed by atoms with van der Waals surface area (Å²) < 4.78 is 40.3. The summed E-state index contributed by atoms with van der Waals surface area (Å²) in [5.74, 6) is 0. The van der Waals surface area contributed by atoms with Gasteiger partial charge in [-0.15, -0.1) is 0 Å². The number of halogens is 3. The zero-order valence-corrected chi connectivity index (χ0v) is 11.6. The number of aryl methyl sites for hydroxylation is 1. The van der Waals surface area contributed by atoms with Gasteiger partial charge in [-0.25, -0.2) is 4.98 Å². The van der Waals surface area contributed by atoms with Gasteiger partial charge in [-0.05, 0) is 41.2 Å². The second-order valence-electron chi connectivity index (χ2n) is 5.49. The number of alkyl halides is 3. The SMILES string of the molecule is FC(F)(F)c1nc2ccccc2c2c1CCc1ccccc1-2. The normalized spacial score (nSPS) is 13.8. The lowest BCUT2D eigenvalue weighted by atomic mass is 9.83. The van der Waals surface area contributed by atoms with Crippen molar-refractivity contribution >= 4 is 10.9 Å². The van der Waals surface area contributed by atoms with Gasteiger partial charge in [0.1, 0.15) is 5.69 Å². The lowest BCUT2D eigenvalue weighted by Crippen LogP contribution is -2.17. The van der Waals surface area contributed by atoms with Crippen molar-refractivity contribution in [2.75, 3.05) is 0 Å². The fourth-order valence-corrected chi connectivity index (χ4v) is 3.28. The fraction of sp³-hybridized carbons (Fsp3) is 0.167. The number of pyridine rings is 1. The Labute approximate surface area is 125 Å². The molecule has 1 aliphatic rings. The third kappa shape index (κ3) is 1.90. The summed E-state index contributed by atoms with van der Waals surface area (Å²) in [4.78, 5) is 3.91. The number of nitrogens with zero attached hydrogens (tertiary/aromatic N) is 1. The molecule has 0 atom stereocenters. The molecule has 0 saturated carbocycles. The summed E-state index contributed by atoms with van der Waals surface area (Å²) in [6, 6.07) is 14.7. The van der Waals surface area contributed by atoms with Crippen LogP contribution in [0.25, 0.3) is 22.0 Å². The minimum atomic E-state index is -4.43. The van der Waals surface area contributed by atoms with Crippen molar-refractivity contribution in [3.63, 3.8) is 0 Å². The molecule has 0 radical (unpaired) electrons. The van der Waals surface area contributed by atoms with Crippen molar-refractivity contribution in [1.29, 1.82) is 0 Å². The summed E-state index contributed by atoms with van der Waals surface area (Å²) in [7, 11) is 0. The fourth-order valence-electron chi connectivity index (χ4n) is 3.28. The Balaban J connectivity index is 2.17. The Hall–Kier alpha value is -2.36. The standard InChI is InChI=1S/C18H12F3N/c19-18(20,21)17-14-10-9-11-5-1-2-6-12(11)16(14)13-7-3-4-8-15(13)22-17/h1-8H,9-10H2. The average Bonchev–Trinajstić information content (AvgIpc) is 2.52. The Kier molecular flexibility index (Phi) is 2.76. The van der Waals surface area contributed by atoms with Crippen LogP contribution in [-0.2, 0) is 19.0 Å². The maximum atomic E-state index is 13.4. The van der Waals surface area contributed by atoms with E-state index >= 15 is 0 Å². The third-order valence-electron chi connectivity index (χ3n) is 4.19. The maximum absolute atomic E-state index is 13.4. The first-order valence-corrected chi connectivity index (χ1v) is 7.13. The van der Waals surface area contributed by atoms with E-state index in [0.29, 0.717) is 29.5 Å². The minimum Gasteiger partial charge on any atom is -0.243 e. The van der Waals surface area contributed by atoms with Gasteiger partial charge in [0.2, 0.25) is 0 Å². The predicted molar refractivity (Wildman–Crippen MR) is 79.6 cm³/mol. The van der Waals surface area contributed by atoms with Crippen molar-refractivity contribution in [3.05, 3.63) is 65.4 Å². The molecule has 0 spiro atoms.